The number of methoxy groups -OCH3 is 1. The van der Waals surface area contributed by atoms with Gasteiger partial charge >= 0.3 is 0 Å². The molecule has 112 valence electrons. The molecular formula is C16H25NO3. The van der Waals surface area contributed by atoms with Gasteiger partial charge in [0.05, 0.1) is 19.8 Å². The van der Waals surface area contributed by atoms with Crippen LogP contribution in [0.5, 0.6) is 11.5 Å². The maximum Gasteiger partial charge on any atom is 0.164 e. The molecular weight excluding hydrogens is 254 g/mol. The molecule has 1 atom stereocenters. The van der Waals surface area contributed by atoms with Gasteiger partial charge in [0.25, 0.3) is 0 Å². The van der Waals surface area contributed by atoms with E-state index in [1.165, 1.54) is 0 Å². The van der Waals surface area contributed by atoms with Crippen molar-refractivity contribution in [2.75, 3.05) is 20.3 Å². The number of aliphatic hydroxyl groups excluding tert-OH is 1. The molecule has 0 aliphatic carbocycles. The van der Waals surface area contributed by atoms with Crippen LogP contribution in [0.4, 0.5) is 0 Å². The Morgan fingerprint density at radius 3 is 2.75 bits per heavy atom. The van der Waals surface area contributed by atoms with Crippen molar-refractivity contribution in [3.8, 4) is 11.5 Å². The van der Waals surface area contributed by atoms with Gasteiger partial charge < -0.3 is 19.9 Å². The molecule has 0 aliphatic heterocycles. The molecule has 20 heavy (non-hydrogen) atoms. The number of hydrogen-bond acceptors (Lipinski definition) is 4. The van der Waals surface area contributed by atoms with Gasteiger partial charge in [0.2, 0.25) is 0 Å². The summed E-state index contributed by atoms with van der Waals surface area (Å²) in [5.74, 6) is 1.52. The third-order valence-electron chi connectivity index (χ3n) is 2.83. The zero-order chi connectivity index (χ0) is 15.0. The molecule has 0 amide bonds. The van der Waals surface area contributed by atoms with E-state index in [-0.39, 0.29) is 6.10 Å². The molecule has 0 spiro atoms. The molecule has 0 heterocycles. The minimum Gasteiger partial charge on any atom is -0.493 e. The highest BCUT2D eigenvalue weighted by Crippen LogP contribution is 2.33. The highest BCUT2D eigenvalue weighted by molar-refractivity contribution is 5.50. The van der Waals surface area contributed by atoms with Gasteiger partial charge in [-0.05, 0) is 31.9 Å². The third kappa shape index (κ3) is 4.87. The standard InChI is InChI=1S/C16H25NO3/c1-5-7-14-8-13(11-17-10-12(3)18)9-15(19-4)16(14)20-6-2/h5,8-9,12,17-18H,1,6-7,10-11H2,2-4H3. The number of aliphatic hydroxyl groups is 1. The van der Waals surface area contributed by atoms with Crippen molar-refractivity contribution >= 4 is 0 Å². The van der Waals surface area contributed by atoms with Gasteiger partial charge in [-0.25, -0.2) is 0 Å². The van der Waals surface area contributed by atoms with E-state index in [2.05, 4.69) is 18.0 Å². The molecule has 0 aliphatic rings. The zero-order valence-electron chi connectivity index (χ0n) is 12.6. The van der Waals surface area contributed by atoms with Gasteiger partial charge in [0, 0.05) is 18.7 Å². The van der Waals surface area contributed by atoms with Crippen LogP contribution in [0.15, 0.2) is 24.8 Å². The van der Waals surface area contributed by atoms with E-state index >= 15 is 0 Å². The summed E-state index contributed by atoms with van der Waals surface area (Å²) in [5.41, 5.74) is 2.16. The van der Waals surface area contributed by atoms with Crippen LogP contribution in [-0.2, 0) is 13.0 Å². The van der Waals surface area contributed by atoms with Crippen LogP contribution in [0.1, 0.15) is 25.0 Å². The first-order chi connectivity index (χ1) is 9.62. The van der Waals surface area contributed by atoms with Crippen molar-refractivity contribution in [2.45, 2.75) is 32.9 Å². The first-order valence-corrected chi connectivity index (χ1v) is 6.94. The molecule has 1 rings (SSSR count). The molecule has 0 radical (unpaired) electrons. The van der Waals surface area contributed by atoms with Crippen LogP contribution < -0.4 is 14.8 Å². The number of allylic oxidation sites excluding steroid dienone is 1. The summed E-state index contributed by atoms with van der Waals surface area (Å²) < 4.78 is 11.1. The lowest BCUT2D eigenvalue weighted by Crippen LogP contribution is -2.23. The lowest BCUT2D eigenvalue weighted by atomic mass is 10.1. The topological polar surface area (TPSA) is 50.7 Å². The Labute approximate surface area is 121 Å². The fourth-order valence-corrected chi connectivity index (χ4v) is 2.02. The first kappa shape index (κ1) is 16.5. The predicted octanol–water partition coefficient (Wildman–Crippen LogP) is 2.29. The van der Waals surface area contributed by atoms with E-state index in [1.54, 1.807) is 14.0 Å². The highest BCUT2D eigenvalue weighted by Gasteiger charge is 2.12. The summed E-state index contributed by atoms with van der Waals surface area (Å²) >= 11 is 0. The van der Waals surface area contributed by atoms with Crippen molar-refractivity contribution in [3.05, 3.63) is 35.9 Å². The second kappa shape index (κ2) is 8.61. The van der Waals surface area contributed by atoms with E-state index in [1.807, 2.05) is 19.1 Å². The SMILES string of the molecule is C=CCc1cc(CNCC(C)O)cc(OC)c1OCC. The van der Waals surface area contributed by atoms with Gasteiger partial charge in [0.15, 0.2) is 11.5 Å². The summed E-state index contributed by atoms with van der Waals surface area (Å²) in [4.78, 5) is 0. The van der Waals surface area contributed by atoms with E-state index in [0.717, 1.165) is 29.0 Å². The number of rotatable bonds is 9. The molecule has 1 aromatic rings. The Morgan fingerprint density at radius 1 is 1.45 bits per heavy atom. The first-order valence-electron chi connectivity index (χ1n) is 6.94. The summed E-state index contributed by atoms with van der Waals surface area (Å²) in [5, 5.41) is 12.5. The Bertz CT molecular complexity index is 430. The third-order valence-corrected chi connectivity index (χ3v) is 2.83. The van der Waals surface area contributed by atoms with Crippen molar-refractivity contribution in [2.24, 2.45) is 0 Å². The van der Waals surface area contributed by atoms with Crippen LogP contribution in [0, 0.1) is 0 Å². The highest BCUT2D eigenvalue weighted by atomic mass is 16.5. The summed E-state index contributed by atoms with van der Waals surface area (Å²) in [6, 6.07) is 4.05. The van der Waals surface area contributed by atoms with Crippen molar-refractivity contribution in [3.63, 3.8) is 0 Å². The van der Waals surface area contributed by atoms with Crippen molar-refractivity contribution in [1.82, 2.24) is 5.32 Å². The predicted molar refractivity (Wildman–Crippen MR) is 81.5 cm³/mol. The number of benzene rings is 1. The number of ether oxygens (including phenoxy) is 2. The molecule has 2 N–H and O–H groups in total. The minimum atomic E-state index is -0.354. The molecule has 1 aromatic carbocycles. The van der Waals surface area contributed by atoms with Crippen LogP contribution in [0.25, 0.3) is 0 Å². The van der Waals surface area contributed by atoms with Gasteiger partial charge in [-0.3, -0.25) is 0 Å². The Hall–Kier alpha value is -1.52. The maximum atomic E-state index is 9.26. The van der Waals surface area contributed by atoms with Crippen LogP contribution in [0.2, 0.25) is 0 Å². The molecule has 0 saturated carbocycles. The van der Waals surface area contributed by atoms with Crippen LogP contribution in [-0.4, -0.2) is 31.5 Å². The Kier molecular flexibility index (Phi) is 7.12. The summed E-state index contributed by atoms with van der Waals surface area (Å²) in [6.07, 6.45) is 2.23. The van der Waals surface area contributed by atoms with E-state index in [4.69, 9.17) is 9.47 Å². The van der Waals surface area contributed by atoms with E-state index in [0.29, 0.717) is 19.7 Å². The lowest BCUT2D eigenvalue weighted by Gasteiger charge is -2.16. The fourth-order valence-electron chi connectivity index (χ4n) is 2.02. The van der Waals surface area contributed by atoms with E-state index < -0.39 is 0 Å². The molecule has 4 heteroatoms. The molecule has 0 aromatic heterocycles. The quantitative estimate of drug-likeness (QED) is 0.681. The Balaban J connectivity index is 2.96. The zero-order valence-corrected chi connectivity index (χ0v) is 12.6. The molecule has 0 bridgehead atoms. The second-order valence-corrected chi connectivity index (χ2v) is 4.69. The average Bonchev–Trinajstić information content (AvgIpc) is 2.41. The lowest BCUT2D eigenvalue weighted by molar-refractivity contribution is 0.191. The van der Waals surface area contributed by atoms with Gasteiger partial charge in [0.1, 0.15) is 0 Å². The van der Waals surface area contributed by atoms with Gasteiger partial charge in [-0.15, -0.1) is 6.58 Å². The molecule has 4 nitrogen and oxygen atoms in total. The summed E-state index contributed by atoms with van der Waals surface area (Å²) in [7, 11) is 1.64. The normalized spacial score (nSPS) is 12.0. The largest absolute Gasteiger partial charge is 0.493 e. The molecule has 0 fully saturated rings. The van der Waals surface area contributed by atoms with Gasteiger partial charge in [-0.2, -0.15) is 0 Å². The van der Waals surface area contributed by atoms with Crippen LogP contribution in [0.3, 0.4) is 0 Å². The number of hydrogen-bond donors (Lipinski definition) is 2. The second-order valence-electron chi connectivity index (χ2n) is 4.69. The molecule has 1 unspecified atom stereocenters. The fraction of sp³-hybridized carbons (Fsp3) is 0.500. The maximum absolute atomic E-state index is 9.26. The van der Waals surface area contributed by atoms with Crippen LogP contribution >= 0.6 is 0 Å². The summed E-state index contributed by atoms with van der Waals surface area (Å²) in [6.45, 7) is 9.33. The van der Waals surface area contributed by atoms with Crippen molar-refractivity contribution in [1.29, 1.82) is 0 Å². The monoisotopic (exact) mass is 279 g/mol. The number of nitrogens with one attached hydrogen (secondary N) is 1. The minimum absolute atomic E-state index is 0.354. The Morgan fingerprint density at radius 2 is 2.20 bits per heavy atom. The van der Waals surface area contributed by atoms with E-state index in [9.17, 15) is 5.11 Å². The molecule has 0 saturated heterocycles. The smallest absolute Gasteiger partial charge is 0.164 e. The van der Waals surface area contributed by atoms with Crippen molar-refractivity contribution < 1.29 is 14.6 Å². The van der Waals surface area contributed by atoms with Gasteiger partial charge in [-0.1, -0.05) is 12.1 Å². The average molecular weight is 279 g/mol.